The molecule has 0 saturated heterocycles. The number of anilines is 1. The van der Waals surface area contributed by atoms with E-state index in [1.54, 1.807) is 19.2 Å². The second-order valence-corrected chi connectivity index (χ2v) is 7.15. The van der Waals surface area contributed by atoms with E-state index in [0.717, 1.165) is 10.1 Å². The molecule has 2 N–H and O–H groups in total. The van der Waals surface area contributed by atoms with Crippen LogP contribution in [0.4, 0.5) is 5.00 Å². The number of carbonyl (C=O) groups excluding carboxylic acids is 1. The summed E-state index contributed by atoms with van der Waals surface area (Å²) >= 11 is 1.36. The highest BCUT2D eigenvalue weighted by Gasteiger charge is 2.21. The summed E-state index contributed by atoms with van der Waals surface area (Å²) < 4.78 is 12.1. The lowest BCUT2D eigenvalue weighted by atomic mass is 10.1. The summed E-state index contributed by atoms with van der Waals surface area (Å²) in [7, 11) is 1.59. The first kappa shape index (κ1) is 18.7. The van der Waals surface area contributed by atoms with Gasteiger partial charge in [-0.05, 0) is 44.2 Å². The fraction of sp³-hybridized carbons (Fsp3) is 0.200. The molecular weight excluding hydrogens is 366 g/mol. The average molecular weight is 385 g/mol. The molecule has 0 spiro atoms. The highest BCUT2D eigenvalue weighted by molar-refractivity contribution is 7.23. The van der Waals surface area contributed by atoms with Gasteiger partial charge >= 0.3 is 5.97 Å². The number of carboxylic acid groups (broad SMARTS) is 1. The van der Waals surface area contributed by atoms with Gasteiger partial charge in [0.05, 0.1) is 24.3 Å². The monoisotopic (exact) mass is 385 g/mol. The second-order valence-electron chi connectivity index (χ2n) is 6.09. The zero-order chi connectivity index (χ0) is 19.6. The molecule has 1 aromatic heterocycles. The van der Waals surface area contributed by atoms with Crippen LogP contribution >= 0.6 is 11.3 Å². The maximum Gasteiger partial charge on any atom is 0.336 e. The molecular formula is C20H19NO5S. The molecule has 3 aromatic rings. The van der Waals surface area contributed by atoms with Crippen LogP contribution in [0.1, 0.15) is 34.6 Å². The molecule has 6 nitrogen and oxygen atoms in total. The molecule has 0 unspecified atom stereocenters. The number of rotatable bonds is 6. The highest BCUT2D eigenvalue weighted by atomic mass is 32.1. The summed E-state index contributed by atoms with van der Waals surface area (Å²) in [5.74, 6) is -0.423. The predicted octanol–water partition coefficient (Wildman–Crippen LogP) is 4.65. The lowest BCUT2D eigenvalue weighted by Gasteiger charge is -2.12. The van der Waals surface area contributed by atoms with Crippen LogP contribution in [-0.2, 0) is 0 Å². The Kier molecular flexibility index (Phi) is 5.32. The minimum absolute atomic E-state index is 0.0518. The van der Waals surface area contributed by atoms with Gasteiger partial charge in [-0.25, -0.2) is 4.79 Å². The van der Waals surface area contributed by atoms with E-state index in [4.69, 9.17) is 9.47 Å². The van der Waals surface area contributed by atoms with Gasteiger partial charge in [-0.15, -0.1) is 11.3 Å². The molecule has 140 valence electrons. The summed E-state index contributed by atoms with van der Waals surface area (Å²) in [6, 6.07) is 11.7. The molecule has 0 radical (unpaired) electrons. The van der Waals surface area contributed by atoms with Gasteiger partial charge in [0.15, 0.2) is 5.75 Å². The minimum atomic E-state index is -1.15. The van der Waals surface area contributed by atoms with Crippen molar-refractivity contribution in [2.24, 2.45) is 0 Å². The third kappa shape index (κ3) is 3.88. The van der Waals surface area contributed by atoms with Crippen molar-refractivity contribution in [1.29, 1.82) is 0 Å². The van der Waals surface area contributed by atoms with Crippen molar-refractivity contribution in [2.45, 2.75) is 20.0 Å². The number of methoxy groups -OCH3 is 1. The number of hydrogen-bond acceptors (Lipinski definition) is 5. The Hall–Kier alpha value is -3.06. The quantitative estimate of drug-likeness (QED) is 0.645. The third-order valence-electron chi connectivity index (χ3n) is 3.83. The lowest BCUT2D eigenvalue weighted by Crippen LogP contribution is -2.16. The third-order valence-corrected chi connectivity index (χ3v) is 4.90. The SMILES string of the molecule is COc1ccc2sc(NC(=O)c3ccccc3C(=O)O)c(OC(C)C)c2c1. The fourth-order valence-electron chi connectivity index (χ4n) is 2.65. The number of hydrogen-bond donors (Lipinski definition) is 2. The Morgan fingerprint density at radius 3 is 2.44 bits per heavy atom. The summed E-state index contributed by atoms with van der Waals surface area (Å²) in [4.78, 5) is 24.1. The van der Waals surface area contributed by atoms with Crippen molar-refractivity contribution >= 4 is 38.3 Å². The molecule has 1 heterocycles. The maximum absolute atomic E-state index is 12.7. The van der Waals surface area contributed by atoms with Crippen LogP contribution in [0.15, 0.2) is 42.5 Å². The predicted molar refractivity (Wildman–Crippen MR) is 105 cm³/mol. The first-order chi connectivity index (χ1) is 12.9. The van der Waals surface area contributed by atoms with E-state index in [-0.39, 0.29) is 17.2 Å². The number of nitrogens with one attached hydrogen (secondary N) is 1. The van der Waals surface area contributed by atoms with E-state index in [9.17, 15) is 14.7 Å². The van der Waals surface area contributed by atoms with Gasteiger partial charge < -0.3 is 19.9 Å². The number of carboxylic acids is 1. The number of aromatic carboxylic acids is 1. The van der Waals surface area contributed by atoms with E-state index in [2.05, 4.69) is 5.32 Å². The number of benzene rings is 2. The molecule has 2 aromatic carbocycles. The average Bonchev–Trinajstić information content (AvgIpc) is 2.97. The molecule has 0 aliphatic rings. The maximum atomic E-state index is 12.7. The minimum Gasteiger partial charge on any atom is -0.497 e. The topological polar surface area (TPSA) is 84.9 Å². The van der Waals surface area contributed by atoms with E-state index in [1.165, 1.54) is 23.5 Å². The number of fused-ring (bicyclic) bond motifs is 1. The van der Waals surface area contributed by atoms with Gasteiger partial charge in [0.1, 0.15) is 10.8 Å². The summed E-state index contributed by atoms with van der Waals surface area (Å²) in [6.07, 6.45) is -0.101. The molecule has 0 saturated carbocycles. The molecule has 1 amide bonds. The van der Waals surface area contributed by atoms with Crippen molar-refractivity contribution in [3.05, 3.63) is 53.6 Å². The normalized spacial score (nSPS) is 10.8. The van der Waals surface area contributed by atoms with Crippen molar-refractivity contribution in [2.75, 3.05) is 12.4 Å². The first-order valence-corrected chi connectivity index (χ1v) is 9.13. The molecule has 0 bridgehead atoms. The van der Waals surface area contributed by atoms with E-state index < -0.39 is 11.9 Å². The number of amides is 1. The van der Waals surface area contributed by atoms with Gasteiger partial charge in [-0.1, -0.05) is 12.1 Å². The molecule has 0 atom stereocenters. The molecule has 27 heavy (non-hydrogen) atoms. The van der Waals surface area contributed by atoms with Crippen LogP contribution < -0.4 is 14.8 Å². The molecule has 7 heteroatoms. The van der Waals surface area contributed by atoms with E-state index in [0.29, 0.717) is 16.5 Å². The fourth-order valence-corrected chi connectivity index (χ4v) is 3.67. The zero-order valence-electron chi connectivity index (χ0n) is 15.1. The van der Waals surface area contributed by atoms with Gasteiger partial charge in [-0.2, -0.15) is 0 Å². The van der Waals surface area contributed by atoms with Gasteiger partial charge in [0.2, 0.25) is 0 Å². The van der Waals surface area contributed by atoms with Gasteiger partial charge in [-0.3, -0.25) is 4.79 Å². The summed E-state index contributed by atoms with van der Waals surface area (Å²) in [5, 5.41) is 13.5. The Bertz CT molecular complexity index is 1010. The largest absolute Gasteiger partial charge is 0.497 e. The van der Waals surface area contributed by atoms with Crippen molar-refractivity contribution < 1.29 is 24.2 Å². The van der Waals surface area contributed by atoms with Crippen molar-refractivity contribution in [3.63, 3.8) is 0 Å². The van der Waals surface area contributed by atoms with Crippen LogP contribution in [0, 0.1) is 0 Å². The Labute approximate surface area is 160 Å². The smallest absolute Gasteiger partial charge is 0.336 e. The Balaban J connectivity index is 2.03. The van der Waals surface area contributed by atoms with Crippen LogP contribution in [0.5, 0.6) is 11.5 Å². The number of carbonyl (C=O) groups is 2. The van der Waals surface area contributed by atoms with Crippen LogP contribution in [0.2, 0.25) is 0 Å². The highest BCUT2D eigenvalue weighted by Crippen LogP contribution is 2.44. The zero-order valence-corrected chi connectivity index (χ0v) is 15.9. The Morgan fingerprint density at radius 1 is 1.11 bits per heavy atom. The molecule has 0 aliphatic heterocycles. The second kappa shape index (κ2) is 7.67. The summed E-state index contributed by atoms with van der Waals surface area (Å²) in [6.45, 7) is 3.80. The van der Waals surface area contributed by atoms with E-state index >= 15 is 0 Å². The lowest BCUT2D eigenvalue weighted by molar-refractivity contribution is 0.0692. The van der Waals surface area contributed by atoms with Crippen molar-refractivity contribution in [3.8, 4) is 11.5 Å². The molecule has 3 rings (SSSR count). The number of ether oxygens (including phenoxy) is 2. The first-order valence-electron chi connectivity index (χ1n) is 8.31. The van der Waals surface area contributed by atoms with Crippen LogP contribution in [0.3, 0.4) is 0 Å². The number of thiophene rings is 1. The van der Waals surface area contributed by atoms with Gasteiger partial charge in [0, 0.05) is 10.1 Å². The van der Waals surface area contributed by atoms with Gasteiger partial charge in [0.25, 0.3) is 5.91 Å². The van der Waals surface area contributed by atoms with Crippen LogP contribution in [-0.4, -0.2) is 30.2 Å². The summed E-state index contributed by atoms with van der Waals surface area (Å²) in [5.41, 5.74) is 0.0413. The molecule has 0 fully saturated rings. The van der Waals surface area contributed by atoms with Crippen molar-refractivity contribution in [1.82, 2.24) is 0 Å². The standard InChI is InChI=1S/C20H19NO5S/c1-11(2)26-17-15-10-12(25-3)8-9-16(15)27-19(17)21-18(22)13-6-4-5-7-14(13)20(23)24/h4-11H,1-3H3,(H,21,22)(H,23,24). The van der Waals surface area contributed by atoms with Crippen LogP contribution in [0.25, 0.3) is 10.1 Å². The molecule has 0 aliphatic carbocycles. The Morgan fingerprint density at radius 2 is 1.81 bits per heavy atom. The van der Waals surface area contributed by atoms with E-state index in [1.807, 2.05) is 32.0 Å².